The first kappa shape index (κ1) is 11.1. The lowest BCUT2D eigenvalue weighted by Gasteiger charge is -2.04. The van der Waals surface area contributed by atoms with Gasteiger partial charge in [0.15, 0.2) is 0 Å². The molecule has 0 nitrogen and oxygen atoms in total. The standard InChI is InChI=1S/C10H22B/c1-9(2)6-5-7-11-8-10(3)4/h9-10H,5-8H2,1-4H3. The Labute approximate surface area is 73.0 Å². The number of hydrogen-bond acceptors (Lipinski definition) is 0. The van der Waals surface area contributed by atoms with Gasteiger partial charge < -0.3 is 0 Å². The molecule has 0 atom stereocenters. The second-order valence-corrected chi connectivity index (χ2v) is 4.24. The van der Waals surface area contributed by atoms with Crippen molar-refractivity contribution in [2.45, 2.75) is 53.2 Å². The maximum Gasteiger partial charge on any atom is 0.109 e. The Bertz CT molecular complexity index is 66.9. The third kappa shape index (κ3) is 10.1. The Hall–Kier alpha value is 0.0649. The van der Waals surface area contributed by atoms with Gasteiger partial charge in [0.25, 0.3) is 0 Å². The van der Waals surface area contributed by atoms with Crippen molar-refractivity contribution in [2.24, 2.45) is 11.8 Å². The highest BCUT2D eigenvalue weighted by molar-refractivity contribution is 6.35. The molecule has 0 saturated heterocycles. The Morgan fingerprint density at radius 1 is 1.00 bits per heavy atom. The molecule has 0 aliphatic heterocycles. The van der Waals surface area contributed by atoms with Crippen molar-refractivity contribution in [3.05, 3.63) is 0 Å². The summed E-state index contributed by atoms with van der Waals surface area (Å²) >= 11 is 0. The topological polar surface area (TPSA) is 0 Å². The van der Waals surface area contributed by atoms with Crippen LogP contribution in [0, 0.1) is 11.8 Å². The first-order chi connectivity index (χ1) is 5.13. The molecule has 0 spiro atoms. The maximum absolute atomic E-state index is 2.44. The van der Waals surface area contributed by atoms with Gasteiger partial charge >= 0.3 is 0 Å². The summed E-state index contributed by atoms with van der Waals surface area (Å²) in [7, 11) is 2.44. The van der Waals surface area contributed by atoms with Gasteiger partial charge in [0, 0.05) is 0 Å². The van der Waals surface area contributed by atoms with Gasteiger partial charge in [-0.15, -0.1) is 0 Å². The van der Waals surface area contributed by atoms with Crippen LogP contribution in [0.1, 0.15) is 40.5 Å². The Morgan fingerprint density at radius 3 is 2.09 bits per heavy atom. The molecule has 0 bridgehead atoms. The third-order valence-electron chi connectivity index (χ3n) is 1.83. The average molecular weight is 153 g/mol. The average Bonchev–Trinajstić information content (AvgIpc) is 1.85. The van der Waals surface area contributed by atoms with Gasteiger partial charge in [-0.3, -0.25) is 0 Å². The predicted octanol–water partition coefficient (Wildman–Crippen LogP) is 3.62. The molecule has 0 aliphatic rings. The fraction of sp³-hybridized carbons (Fsp3) is 1.00. The monoisotopic (exact) mass is 153 g/mol. The van der Waals surface area contributed by atoms with Crippen LogP contribution in [0.15, 0.2) is 0 Å². The molecule has 0 aromatic heterocycles. The van der Waals surface area contributed by atoms with E-state index in [4.69, 9.17) is 0 Å². The highest BCUT2D eigenvalue weighted by Crippen LogP contribution is 2.08. The van der Waals surface area contributed by atoms with E-state index < -0.39 is 0 Å². The van der Waals surface area contributed by atoms with Crippen molar-refractivity contribution in [1.82, 2.24) is 0 Å². The summed E-state index contributed by atoms with van der Waals surface area (Å²) in [6.45, 7) is 9.14. The van der Waals surface area contributed by atoms with Crippen LogP contribution in [0.5, 0.6) is 0 Å². The highest BCUT2D eigenvalue weighted by Gasteiger charge is 1.97. The minimum absolute atomic E-state index is 0.842. The summed E-state index contributed by atoms with van der Waals surface area (Å²) in [6.07, 6.45) is 5.37. The lowest BCUT2D eigenvalue weighted by Crippen LogP contribution is -1.96. The highest BCUT2D eigenvalue weighted by atomic mass is 13.9. The van der Waals surface area contributed by atoms with Crippen molar-refractivity contribution < 1.29 is 0 Å². The summed E-state index contributed by atoms with van der Waals surface area (Å²) in [6, 6.07) is 0. The van der Waals surface area contributed by atoms with E-state index in [1.165, 1.54) is 25.5 Å². The van der Waals surface area contributed by atoms with E-state index in [0.29, 0.717) is 0 Å². The first-order valence-corrected chi connectivity index (χ1v) is 4.94. The smallest absolute Gasteiger partial charge is 0.0803 e. The summed E-state index contributed by atoms with van der Waals surface area (Å²) < 4.78 is 0. The van der Waals surface area contributed by atoms with E-state index >= 15 is 0 Å². The van der Waals surface area contributed by atoms with Crippen LogP contribution in [0.25, 0.3) is 0 Å². The molecule has 0 amide bonds. The zero-order valence-corrected chi connectivity index (χ0v) is 8.56. The molecule has 0 N–H and O–H groups in total. The predicted molar refractivity (Wildman–Crippen MR) is 54.3 cm³/mol. The van der Waals surface area contributed by atoms with Crippen molar-refractivity contribution in [3.63, 3.8) is 0 Å². The van der Waals surface area contributed by atoms with Gasteiger partial charge in [-0.2, -0.15) is 0 Å². The fourth-order valence-corrected chi connectivity index (χ4v) is 1.12. The second-order valence-electron chi connectivity index (χ2n) is 4.24. The summed E-state index contributed by atoms with van der Waals surface area (Å²) in [4.78, 5) is 0. The van der Waals surface area contributed by atoms with Crippen molar-refractivity contribution in [1.29, 1.82) is 0 Å². The maximum atomic E-state index is 2.44. The molecule has 0 aromatic rings. The SMILES string of the molecule is CC(C)C[B]CCCC(C)C. The zero-order chi connectivity index (χ0) is 8.69. The second kappa shape index (κ2) is 6.76. The minimum atomic E-state index is 0.842. The molecule has 0 aromatic carbocycles. The van der Waals surface area contributed by atoms with Crippen LogP contribution in [0.2, 0.25) is 12.6 Å². The van der Waals surface area contributed by atoms with Gasteiger partial charge in [-0.1, -0.05) is 59.1 Å². The van der Waals surface area contributed by atoms with Crippen molar-refractivity contribution in [3.8, 4) is 0 Å². The third-order valence-corrected chi connectivity index (χ3v) is 1.83. The molecule has 0 aliphatic carbocycles. The number of hydrogen-bond donors (Lipinski definition) is 0. The van der Waals surface area contributed by atoms with Crippen LogP contribution in [-0.4, -0.2) is 7.28 Å². The van der Waals surface area contributed by atoms with E-state index in [1.807, 2.05) is 0 Å². The summed E-state index contributed by atoms with van der Waals surface area (Å²) in [5.74, 6) is 1.72. The van der Waals surface area contributed by atoms with Gasteiger partial charge in [-0.05, 0) is 5.92 Å². The Kier molecular flexibility index (Phi) is 6.80. The van der Waals surface area contributed by atoms with E-state index in [9.17, 15) is 0 Å². The fourth-order valence-electron chi connectivity index (χ4n) is 1.12. The Balaban J connectivity index is 2.91. The Morgan fingerprint density at radius 2 is 1.64 bits per heavy atom. The van der Waals surface area contributed by atoms with Crippen LogP contribution < -0.4 is 0 Å². The molecule has 0 heterocycles. The summed E-state index contributed by atoms with van der Waals surface area (Å²) in [5.41, 5.74) is 0. The van der Waals surface area contributed by atoms with E-state index in [-0.39, 0.29) is 0 Å². The van der Waals surface area contributed by atoms with Crippen LogP contribution in [0.4, 0.5) is 0 Å². The largest absolute Gasteiger partial charge is 0.109 e. The molecule has 0 unspecified atom stereocenters. The zero-order valence-electron chi connectivity index (χ0n) is 8.56. The lowest BCUT2D eigenvalue weighted by molar-refractivity contribution is 0.574. The molecule has 1 radical (unpaired) electrons. The van der Waals surface area contributed by atoms with Gasteiger partial charge in [0.2, 0.25) is 0 Å². The molecule has 11 heavy (non-hydrogen) atoms. The molecular weight excluding hydrogens is 131 g/mol. The van der Waals surface area contributed by atoms with Crippen LogP contribution >= 0.6 is 0 Å². The quantitative estimate of drug-likeness (QED) is 0.403. The molecular formula is C10H22B. The van der Waals surface area contributed by atoms with Crippen LogP contribution in [0.3, 0.4) is 0 Å². The summed E-state index contributed by atoms with van der Waals surface area (Å²) in [5, 5.41) is 0. The molecule has 0 saturated carbocycles. The van der Waals surface area contributed by atoms with E-state index in [1.54, 1.807) is 0 Å². The van der Waals surface area contributed by atoms with Crippen LogP contribution in [-0.2, 0) is 0 Å². The van der Waals surface area contributed by atoms with Crippen molar-refractivity contribution in [2.75, 3.05) is 0 Å². The molecule has 0 fully saturated rings. The van der Waals surface area contributed by atoms with Crippen molar-refractivity contribution >= 4 is 7.28 Å². The van der Waals surface area contributed by atoms with Gasteiger partial charge in [-0.25, -0.2) is 0 Å². The molecule has 65 valence electrons. The minimum Gasteiger partial charge on any atom is -0.0803 e. The molecule has 0 rings (SSSR count). The van der Waals surface area contributed by atoms with Gasteiger partial charge in [0.1, 0.15) is 7.28 Å². The van der Waals surface area contributed by atoms with Gasteiger partial charge in [0.05, 0.1) is 0 Å². The first-order valence-electron chi connectivity index (χ1n) is 4.94. The van der Waals surface area contributed by atoms with E-state index in [2.05, 4.69) is 35.0 Å². The molecule has 1 heteroatoms. The lowest BCUT2D eigenvalue weighted by atomic mass is 9.66. The normalized spacial score (nSPS) is 11.1. The van der Waals surface area contributed by atoms with E-state index in [0.717, 1.165) is 11.8 Å². The number of rotatable bonds is 6.